The first-order valence-electron chi connectivity index (χ1n) is 5.79. The van der Waals surface area contributed by atoms with Crippen molar-refractivity contribution in [2.75, 3.05) is 6.54 Å². The molecule has 14 heavy (non-hydrogen) atoms. The minimum absolute atomic E-state index is 0.0278. The van der Waals surface area contributed by atoms with Crippen LogP contribution in [0.1, 0.15) is 39.5 Å². The first-order chi connectivity index (χ1) is 6.72. The molecule has 0 radical (unpaired) electrons. The molecule has 0 aromatic heterocycles. The summed E-state index contributed by atoms with van der Waals surface area (Å²) < 4.78 is 0. The fourth-order valence-electron chi connectivity index (χ4n) is 2.36. The average molecular weight is 196 g/mol. The number of carbonyl (C=O) groups is 1. The lowest BCUT2D eigenvalue weighted by atomic mass is 9.85. The molecule has 2 aliphatic rings. The van der Waals surface area contributed by atoms with Crippen molar-refractivity contribution >= 4 is 5.91 Å². The van der Waals surface area contributed by atoms with Crippen LogP contribution < -0.4 is 5.32 Å². The van der Waals surface area contributed by atoms with Gasteiger partial charge in [0.25, 0.3) is 0 Å². The fourth-order valence-corrected chi connectivity index (χ4v) is 2.36. The van der Waals surface area contributed by atoms with E-state index in [1.807, 2.05) is 6.92 Å². The number of hydrogen-bond donors (Lipinski definition) is 1. The van der Waals surface area contributed by atoms with Crippen LogP contribution in [0.2, 0.25) is 0 Å². The summed E-state index contributed by atoms with van der Waals surface area (Å²) in [6.07, 6.45) is 5.29. The standard InChI is InChI=1S/C11H20N2O/c1-3-10-12-8(2)11(14)13(10)7-9-5-4-6-9/h8-10,12H,3-7H2,1-2H3. The Morgan fingerprint density at radius 2 is 2.21 bits per heavy atom. The highest BCUT2D eigenvalue weighted by molar-refractivity contribution is 5.83. The number of amides is 1. The molecule has 1 amide bonds. The van der Waals surface area contributed by atoms with Crippen LogP contribution >= 0.6 is 0 Å². The van der Waals surface area contributed by atoms with Gasteiger partial charge in [0.2, 0.25) is 5.91 Å². The molecule has 2 fully saturated rings. The highest BCUT2D eigenvalue weighted by Gasteiger charge is 2.36. The van der Waals surface area contributed by atoms with Crippen molar-refractivity contribution in [3.63, 3.8) is 0 Å². The van der Waals surface area contributed by atoms with Crippen molar-refractivity contribution in [3.05, 3.63) is 0 Å². The lowest BCUT2D eigenvalue weighted by Gasteiger charge is -2.32. The van der Waals surface area contributed by atoms with E-state index in [1.54, 1.807) is 0 Å². The van der Waals surface area contributed by atoms with Crippen LogP contribution in [0.15, 0.2) is 0 Å². The Labute approximate surface area is 85.8 Å². The van der Waals surface area contributed by atoms with Gasteiger partial charge in [0.1, 0.15) is 0 Å². The maximum atomic E-state index is 11.8. The van der Waals surface area contributed by atoms with Crippen LogP contribution in [0.4, 0.5) is 0 Å². The van der Waals surface area contributed by atoms with E-state index in [0.29, 0.717) is 5.91 Å². The van der Waals surface area contributed by atoms with Gasteiger partial charge < -0.3 is 4.90 Å². The predicted octanol–water partition coefficient (Wildman–Crippen LogP) is 1.34. The van der Waals surface area contributed by atoms with Crippen molar-refractivity contribution < 1.29 is 4.79 Å². The minimum Gasteiger partial charge on any atom is -0.326 e. The van der Waals surface area contributed by atoms with Crippen molar-refractivity contribution in [1.29, 1.82) is 0 Å². The maximum Gasteiger partial charge on any atom is 0.240 e. The van der Waals surface area contributed by atoms with Gasteiger partial charge in [-0.2, -0.15) is 0 Å². The zero-order chi connectivity index (χ0) is 10.1. The molecule has 0 bridgehead atoms. The predicted molar refractivity (Wildman–Crippen MR) is 55.7 cm³/mol. The van der Waals surface area contributed by atoms with Crippen LogP contribution in [-0.2, 0) is 4.79 Å². The van der Waals surface area contributed by atoms with E-state index >= 15 is 0 Å². The van der Waals surface area contributed by atoms with E-state index in [-0.39, 0.29) is 12.2 Å². The first-order valence-corrected chi connectivity index (χ1v) is 5.79. The molecule has 1 aliphatic heterocycles. The van der Waals surface area contributed by atoms with E-state index in [1.165, 1.54) is 19.3 Å². The Balaban J connectivity index is 1.95. The molecule has 1 saturated carbocycles. The van der Waals surface area contributed by atoms with Crippen LogP contribution in [0.3, 0.4) is 0 Å². The fraction of sp³-hybridized carbons (Fsp3) is 0.909. The lowest BCUT2D eigenvalue weighted by molar-refractivity contribution is -0.130. The molecule has 3 heteroatoms. The topological polar surface area (TPSA) is 32.3 Å². The molecule has 0 spiro atoms. The molecule has 0 aromatic rings. The van der Waals surface area contributed by atoms with Crippen LogP contribution in [0, 0.1) is 5.92 Å². The molecule has 2 rings (SSSR count). The molecule has 2 unspecified atom stereocenters. The largest absolute Gasteiger partial charge is 0.326 e. The second-order valence-electron chi connectivity index (χ2n) is 4.60. The van der Waals surface area contributed by atoms with E-state index in [4.69, 9.17) is 0 Å². The summed E-state index contributed by atoms with van der Waals surface area (Å²) in [4.78, 5) is 13.9. The second kappa shape index (κ2) is 3.89. The first kappa shape index (κ1) is 9.97. The number of rotatable bonds is 3. The molecular formula is C11H20N2O. The molecule has 3 nitrogen and oxygen atoms in total. The lowest BCUT2D eigenvalue weighted by Crippen LogP contribution is -2.41. The Kier molecular flexibility index (Phi) is 2.77. The molecule has 2 atom stereocenters. The van der Waals surface area contributed by atoms with Gasteiger partial charge in [-0.25, -0.2) is 0 Å². The molecule has 1 heterocycles. The van der Waals surface area contributed by atoms with E-state index in [9.17, 15) is 4.79 Å². The Morgan fingerprint density at radius 1 is 1.50 bits per heavy atom. The quantitative estimate of drug-likeness (QED) is 0.739. The SMILES string of the molecule is CCC1NC(C)C(=O)N1CC1CCC1. The molecule has 1 aliphatic carbocycles. The maximum absolute atomic E-state index is 11.8. The van der Waals surface area contributed by atoms with Crippen molar-refractivity contribution in [2.24, 2.45) is 5.92 Å². The summed E-state index contributed by atoms with van der Waals surface area (Å²) in [7, 11) is 0. The van der Waals surface area contributed by atoms with Gasteiger partial charge in [0.15, 0.2) is 0 Å². The highest BCUT2D eigenvalue weighted by Crippen LogP contribution is 2.29. The zero-order valence-electron chi connectivity index (χ0n) is 9.12. The van der Waals surface area contributed by atoms with Crippen molar-refractivity contribution in [3.8, 4) is 0 Å². The third-order valence-corrected chi connectivity index (χ3v) is 3.54. The Hall–Kier alpha value is -0.570. The monoisotopic (exact) mass is 196 g/mol. The molecule has 1 N–H and O–H groups in total. The Bertz CT molecular complexity index is 225. The van der Waals surface area contributed by atoms with Crippen molar-refractivity contribution in [1.82, 2.24) is 10.2 Å². The summed E-state index contributed by atoms with van der Waals surface area (Å²) >= 11 is 0. The summed E-state index contributed by atoms with van der Waals surface area (Å²) in [5.74, 6) is 1.07. The van der Waals surface area contributed by atoms with Gasteiger partial charge in [-0.15, -0.1) is 0 Å². The summed E-state index contributed by atoms with van der Waals surface area (Å²) in [5.41, 5.74) is 0. The van der Waals surface area contributed by atoms with E-state index < -0.39 is 0 Å². The number of hydrogen-bond acceptors (Lipinski definition) is 2. The van der Waals surface area contributed by atoms with E-state index in [0.717, 1.165) is 18.9 Å². The van der Waals surface area contributed by atoms with Gasteiger partial charge in [0, 0.05) is 6.54 Å². The average Bonchev–Trinajstić information content (AvgIpc) is 2.37. The molecule has 0 aromatic carbocycles. The number of carbonyl (C=O) groups excluding carboxylic acids is 1. The smallest absolute Gasteiger partial charge is 0.240 e. The van der Waals surface area contributed by atoms with E-state index in [2.05, 4.69) is 17.1 Å². The minimum atomic E-state index is 0.0278. The second-order valence-corrected chi connectivity index (χ2v) is 4.60. The van der Waals surface area contributed by atoms with Crippen LogP contribution in [-0.4, -0.2) is 29.6 Å². The van der Waals surface area contributed by atoms with Gasteiger partial charge in [0.05, 0.1) is 12.2 Å². The van der Waals surface area contributed by atoms with Gasteiger partial charge in [-0.3, -0.25) is 10.1 Å². The molecular weight excluding hydrogens is 176 g/mol. The van der Waals surface area contributed by atoms with Crippen LogP contribution in [0.5, 0.6) is 0 Å². The Morgan fingerprint density at radius 3 is 2.71 bits per heavy atom. The number of nitrogens with zero attached hydrogens (tertiary/aromatic N) is 1. The van der Waals surface area contributed by atoms with Gasteiger partial charge in [-0.1, -0.05) is 13.3 Å². The third kappa shape index (κ3) is 1.65. The normalized spacial score (nSPS) is 33.6. The third-order valence-electron chi connectivity index (χ3n) is 3.54. The zero-order valence-corrected chi connectivity index (χ0v) is 9.12. The summed E-state index contributed by atoms with van der Waals surface area (Å²) in [5, 5.41) is 3.33. The highest BCUT2D eigenvalue weighted by atomic mass is 16.2. The molecule has 80 valence electrons. The summed E-state index contributed by atoms with van der Waals surface area (Å²) in [6.45, 7) is 5.08. The van der Waals surface area contributed by atoms with Crippen molar-refractivity contribution in [2.45, 2.75) is 51.7 Å². The number of nitrogens with one attached hydrogen (secondary N) is 1. The van der Waals surface area contributed by atoms with Gasteiger partial charge in [-0.05, 0) is 32.1 Å². The summed E-state index contributed by atoms with van der Waals surface area (Å²) in [6, 6.07) is 0.0278. The van der Waals surface area contributed by atoms with Crippen LogP contribution in [0.25, 0.3) is 0 Å². The van der Waals surface area contributed by atoms with Gasteiger partial charge >= 0.3 is 0 Å². The molecule has 1 saturated heterocycles.